The molecule has 0 heterocycles. The number of benzene rings is 2. The van der Waals surface area contributed by atoms with Crippen molar-refractivity contribution in [1.82, 2.24) is 5.32 Å². The van der Waals surface area contributed by atoms with Crippen LogP contribution in [0.5, 0.6) is 0 Å². The average molecular weight is 275 g/mol. The Balaban J connectivity index is 2.28. The Hall–Kier alpha value is -1.74. The van der Waals surface area contributed by atoms with Crippen molar-refractivity contribution in [3.05, 3.63) is 59.2 Å². The smallest absolute Gasteiger partial charge is 0.128 e. The summed E-state index contributed by atoms with van der Waals surface area (Å²) in [4.78, 5) is 0. The first kappa shape index (κ1) is 14.7. The zero-order valence-electron chi connectivity index (χ0n) is 12.0. The van der Waals surface area contributed by atoms with Gasteiger partial charge in [0.05, 0.1) is 0 Å². The molecule has 0 saturated carbocycles. The van der Waals surface area contributed by atoms with E-state index >= 15 is 0 Å². The first-order valence-corrected chi connectivity index (χ1v) is 6.75. The first-order chi connectivity index (χ1) is 9.45. The van der Waals surface area contributed by atoms with E-state index < -0.39 is 0 Å². The molecule has 0 aliphatic heterocycles. The van der Waals surface area contributed by atoms with Crippen molar-refractivity contribution >= 4 is 0 Å². The molecule has 0 aliphatic rings. The number of nitrogens with one attached hydrogen (secondary N) is 1. The van der Waals surface area contributed by atoms with Crippen LogP contribution in [-0.2, 0) is 6.54 Å². The highest BCUT2D eigenvalue weighted by Crippen LogP contribution is 2.24. The molecule has 2 aromatic rings. The van der Waals surface area contributed by atoms with Gasteiger partial charge >= 0.3 is 0 Å². The van der Waals surface area contributed by atoms with Crippen LogP contribution in [0.15, 0.2) is 36.4 Å². The standard InChI is InChI=1S/C17H19F2N/c1-11(2)20-10-14-5-4-13(9-17(14)19)15-6-12(3)7-16(18)8-15/h4-9,11,20H,10H2,1-3H3. The highest BCUT2D eigenvalue weighted by molar-refractivity contribution is 5.64. The van der Waals surface area contributed by atoms with Gasteiger partial charge in [-0.3, -0.25) is 0 Å². The minimum Gasteiger partial charge on any atom is -0.310 e. The molecule has 0 fully saturated rings. The lowest BCUT2D eigenvalue weighted by atomic mass is 10.0. The van der Waals surface area contributed by atoms with Gasteiger partial charge in [-0.25, -0.2) is 8.78 Å². The Morgan fingerprint density at radius 1 is 1.00 bits per heavy atom. The van der Waals surface area contributed by atoms with Gasteiger partial charge in [0.1, 0.15) is 11.6 Å². The topological polar surface area (TPSA) is 12.0 Å². The van der Waals surface area contributed by atoms with Gasteiger partial charge in [0.15, 0.2) is 0 Å². The summed E-state index contributed by atoms with van der Waals surface area (Å²) in [6.07, 6.45) is 0. The molecule has 106 valence electrons. The van der Waals surface area contributed by atoms with Crippen LogP contribution in [0.1, 0.15) is 25.0 Å². The van der Waals surface area contributed by atoms with Gasteiger partial charge in [-0.15, -0.1) is 0 Å². The van der Waals surface area contributed by atoms with Gasteiger partial charge in [0, 0.05) is 18.2 Å². The first-order valence-electron chi connectivity index (χ1n) is 6.75. The fourth-order valence-electron chi connectivity index (χ4n) is 2.09. The molecule has 0 aliphatic carbocycles. The lowest BCUT2D eigenvalue weighted by molar-refractivity contribution is 0.553. The lowest BCUT2D eigenvalue weighted by Crippen LogP contribution is -2.22. The number of halogens is 2. The number of hydrogen-bond donors (Lipinski definition) is 1. The summed E-state index contributed by atoms with van der Waals surface area (Å²) >= 11 is 0. The number of rotatable bonds is 4. The molecule has 0 radical (unpaired) electrons. The largest absolute Gasteiger partial charge is 0.310 e. The van der Waals surface area contributed by atoms with Gasteiger partial charge in [0.2, 0.25) is 0 Å². The summed E-state index contributed by atoms with van der Waals surface area (Å²) < 4.78 is 27.5. The van der Waals surface area contributed by atoms with E-state index in [0.29, 0.717) is 29.3 Å². The van der Waals surface area contributed by atoms with E-state index in [9.17, 15) is 8.78 Å². The SMILES string of the molecule is Cc1cc(F)cc(-c2ccc(CNC(C)C)c(F)c2)c1. The third-order valence-electron chi connectivity index (χ3n) is 3.13. The van der Waals surface area contributed by atoms with Crippen molar-refractivity contribution in [3.63, 3.8) is 0 Å². The van der Waals surface area contributed by atoms with Crippen molar-refractivity contribution in [2.45, 2.75) is 33.4 Å². The van der Waals surface area contributed by atoms with Crippen LogP contribution in [0.3, 0.4) is 0 Å². The predicted molar refractivity (Wildman–Crippen MR) is 78.5 cm³/mol. The second kappa shape index (κ2) is 6.14. The number of hydrogen-bond acceptors (Lipinski definition) is 1. The summed E-state index contributed by atoms with van der Waals surface area (Å²) in [7, 11) is 0. The number of aryl methyl sites for hydroxylation is 1. The normalized spacial score (nSPS) is 11.1. The maximum Gasteiger partial charge on any atom is 0.128 e. The third-order valence-corrected chi connectivity index (χ3v) is 3.13. The lowest BCUT2D eigenvalue weighted by Gasteiger charge is -2.10. The van der Waals surface area contributed by atoms with Crippen molar-refractivity contribution in [2.24, 2.45) is 0 Å². The third kappa shape index (κ3) is 3.64. The molecule has 0 spiro atoms. The van der Waals surface area contributed by atoms with E-state index in [1.807, 2.05) is 32.9 Å². The highest BCUT2D eigenvalue weighted by Gasteiger charge is 2.07. The van der Waals surface area contributed by atoms with Gasteiger partial charge in [-0.2, -0.15) is 0 Å². The summed E-state index contributed by atoms with van der Waals surface area (Å²) in [5.41, 5.74) is 2.84. The molecule has 0 amide bonds. The average Bonchev–Trinajstić information content (AvgIpc) is 2.35. The second-order valence-electron chi connectivity index (χ2n) is 5.36. The van der Waals surface area contributed by atoms with Crippen LogP contribution >= 0.6 is 0 Å². The van der Waals surface area contributed by atoms with E-state index in [-0.39, 0.29) is 11.6 Å². The van der Waals surface area contributed by atoms with Crippen molar-refractivity contribution in [2.75, 3.05) is 0 Å². The molecule has 2 rings (SSSR count). The summed E-state index contributed by atoms with van der Waals surface area (Å²) in [6.45, 7) is 6.35. The van der Waals surface area contributed by atoms with Crippen LogP contribution < -0.4 is 5.32 Å². The molecular weight excluding hydrogens is 256 g/mol. The summed E-state index contributed by atoms with van der Waals surface area (Å²) in [5.74, 6) is -0.566. The van der Waals surface area contributed by atoms with Gasteiger partial charge < -0.3 is 5.32 Å². The Morgan fingerprint density at radius 2 is 1.75 bits per heavy atom. The predicted octanol–water partition coefficient (Wildman–Crippen LogP) is 4.44. The van der Waals surface area contributed by atoms with E-state index in [0.717, 1.165) is 5.56 Å². The second-order valence-corrected chi connectivity index (χ2v) is 5.36. The van der Waals surface area contributed by atoms with Crippen LogP contribution in [0.25, 0.3) is 11.1 Å². The van der Waals surface area contributed by atoms with E-state index in [1.165, 1.54) is 18.2 Å². The fraction of sp³-hybridized carbons (Fsp3) is 0.294. The van der Waals surface area contributed by atoms with Gasteiger partial charge in [-0.05, 0) is 41.8 Å². The van der Waals surface area contributed by atoms with Gasteiger partial charge in [-0.1, -0.05) is 32.0 Å². The molecule has 2 aromatic carbocycles. The van der Waals surface area contributed by atoms with Crippen LogP contribution in [0, 0.1) is 18.6 Å². The Kier molecular flexibility index (Phi) is 4.50. The van der Waals surface area contributed by atoms with Crippen LogP contribution in [-0.4, -0.2) is 6.04 Å². The fourth-order valence-corrected chi connectivity index (χ4v) is 2.09. The summed E-state index contributed by atoms with van der Waals surface area (Å²) in [5, 5.41) is 3.18. The molecule has 0 aromatic heterocycles. The van der Waals surface area contributed by atoms with E-state index in [1.54, 1.807) is 6.07 Å². The Morgan fingerprint density at radius 3 is 2.35 bits per heavy atom. The van der Waals surface area contributed by atoms with Crippen LogP contribution in [0.2, 0.25) is 0 Å². The molecule has 0 saturated heterocycles. The molecule has 0 atom stereocenters. The van der Waals surface area contributed by atoms with Crippen LogP contribution in [0.4, 0.5) is 8.78 Å². The minimum atomic E-state index is -0.300. The van der Waals surface area contributed by atoms with Crippen molar-refractivity contribution in [1.29, 1.82) is 0 Å². The minimum absolute atomic E-state index is 0.266. The zero-order valence-corrected chi connectivity index (χ0v) is 12.0. The Bertz CT molecular complexity index is 586. The Labute approximate surface area is 118 Å². The molecule has 0 bridgehead atoms. The van der Waals surface area contributed by atoms with Crippen molar-refractivity contribution < 1.29 is 8.78 Å². The monoisotopic (exact) mass is 275 g/mol. The molecule has 3 heteroatoms. The maximum atomic E-state index is 14.1. The maximum absolute atomic E-state index is 14.1. The van der Waals surface area contributed by atoms with Crippen molar-refractivity contribution in [3.8, 4) is 11.1 Å². The molecule has 1 N–H and O–H groups in total. The zero-order chi connectivity index (χ0) is 14.7. The molecule has 20 heavy (non-hydrogen) atoms. The van der Waals surface area contributed by atoms with E-state index in [2.05, 4.69) is 5.32 Å². The van der Waals surface area contributed by atoms with Gasteiger partial charge in [0.25, 0.3) is 0 Å². The quantitative estimate of drug-likeness (QED) is 0.870. The summed E-state index contributed by atoms with van der Waals surface area (Å²) in [6, 6.07) is 10.1. The van der Waals surface area contributed by atoms with E-state index in [4.69, 9.17) is 0 Å². The highest BCUT2D eigenvalue weighted by atomic mass is 19.1. The molecule has 0 unspecified atom stereocenters. The molecular formula is C17H19F2N. The molecule has 1 nitrogen and oxygen atoms in total.